The summed E-state index contributed by atoms with van der Waals surface area (Å²) in [6.45, 7) is 0. The summed E-state index contributed by atoms with van der Waals surface area (Å²) >= 11 is 1.47. The minimum absolute atomic E-state index is 0.166. The van der Waals surface area contributed by atoms with Crippen LogP contribution in [0.5, 0.6) is 0 Å². The lowest BCUT2D eigenvalue weighted by Crippen LogP contribution is -2.44. The van der Waals surface area contributed by atoms with Crippen LogP contribution in [0.3, 0.4) is 0 Å². The number of thioether (sulfide) groups is 1. The highest BCUT2D eigenvalue weighted by Crippen LogP contribution is 2.38. The Hall–Kier alpha value is -5.15. The fraction of sp³-hybridized carbons (Fsp3) is 0.118. The second-order valence-corrected chi connectivity index (χ2v) is 11.4. The van der Waals surface area contributed by atoms with Gasteiger partial charge in [0.25, 0.3) is 17.7 Å². The van der Waals surface area contributed by atoms with Crippen LogP contribution in [0.2, 0.25) is 0 Å². The summed E-state index contributed by atoms with van der Waals surface area (Å²) in [7, 11) is 3.94. The monoisotopic (exact) mass is 587 g/mol. The van der Waals surface area contributed by atoms with Crippen LogP contribution in [0.1, 0.15) is 32.4 Å². The summed E-state index contributed by atoms with van der Waals surface area (Å²) in [4.78, 5) is 47.9. The van der Waals surface area contributed by atoms with Gasteiger partial charge in [-0.1, -0.05) is 72.8 Å². The van der Waals surface area contributed by atoms with Gasteiger partial charge in [0.1, 0.15) is 16.9 Å². The van der Waals surface area contributed by atoms with Gasteiger partial charge in [-0.15, -0.1) is 11.8 Å². The van der Waals surface area contributed by atoms with E-state index in [9.17, 15) is 14.4 Å². The van der Waals surface area contributed by atoms with Crippen LogP contribution in [0.4, 0.5) is 11.4 Å². The Bertz CT molecular complexity index is 1720. The number of amides is 3. The third-order valence-corrected chi connectivity index (χ3v) is 8.38. The zero-order chi connectivity index (χ0) is 29.9. The molecule has 1 atom stereocenters. The molecule has 1 saturated heterocycles. The standard InChI is InChI=1S/C34H29N5O3S/c1-37(2)27-17-15-26(16-18-27)34-39(30(40)22-43-34)36-32(41)25-13-19-28(20-14-25)38-31(24-11-7-4-8-12-24)35-29(33(38)42)21-23-9-5-3-6-10-23/h3-21,34H,22H2,1-2H3,(H,36,41)/b29-21-. The summed E-state index contributed by atoms with van der Waals surface area (Å²) in [6.07, 6.45) is 1.77. The Morgan fingerprint density at radius 3 is 2.19 bits per heavy atom. The molecule has 0 aliphatic carbocycles. The van der Waals surface area contributed by atoms with Gasteiger partial charge in [0.15, 0.2) is 0 Å². The molecule has 1 unspecified atom stereocenters. The molecule has 8 nitrogen and oxygen atoms in total. The fourth-order valence-corrected chi connectivity index (χ4v) is 6.02. The number of hydrogen-bond donors (Lipinski definition) is 1. The number of hydrogen-bond acceptors (Lipinski definition) is 6. The lowest BCUT2D eigenvalue weighted by atomic mass is 10.1. The van der Waals surface area contributed by atoms with Crippen LogP contribution in [0.25, 0.3) is 6.08 Å². The summed E-state index contributed by atoms with van der Waals surface area (Å²) in [5.41, 5.74) is 7.70. The van der Waals surface area contributed by atoms with Crippen molar-refractivity contribution in [2.45, 2.75) is 5.37 Å². The first-order valence-corrected chi connectivity index (χ1v) is 14.8. The quantitative estimate of drug-likeness (QED) is 0.289. The minimum atomic E-state index is -0.410. The van der Waals surface area contributed by atoms with Gasteiger partial charge in [-0.05, 0) is 53.6 Å². The molecule has 0 bridgehead atoms. The van der Waals surface area contributed by atoms with Crippen LogP contribution in [-0.4, -0.2) is 48.4 Å². The number of benzene rings is 4. The number of aliphatic imine (C=N–C) groups is 1. The van der Waals surface area contributed by atoms with E-state index in [1.165, 1.54) is 16.8 Å². The molecule has 214 valence electrons. The molecule has 1 N–H and O–H groups in total. The Kier molecular flexibility index (Phi) is 7.81. The number of carbonyl (C=O) groups is 3. The molecule has 0 aromatic heterocycles. The molecule has 4 aromatic carbocycles. The van der Waals surface area contributed by atoms with Gasteiger partial charge >= 0.3 is 0 Å². The largest absolute Gasteiger partial charge is 0.378 e. The van der Waals surface area contributed by atoms with Gasteiger partial charge in [-0.2, -0.15) is 0 Å². The van der Waals surface area contributed by atoms with E-state index in [2.05, 4.69) is 5.43 Å². The van der Waals surface area contributed by atoms with Crippen molar-refractivity contribution in [3.63, 3.8) is 0 Å². The maximum Gasteiger partial charge on any atom is 0.282 e. The summed E-state index contributed by atoms with van der Waals surface area (Å²) < 4.78 is 0. The van der Waals surface area contributed by atoms with Crippen molar-refractivity contribution in [2.24, 2.45) is 4.99 Å². The molecule has 9 heteroatoms. The average Bonchev–Trinajstić information content (AvgIpc) is 3.56. The molecule has 1 fully saturated rings. The molecule has 2 aliphatic heterocycles. The normalized spacial score (nSPS) is 17.4. The van der Waals surface area contributed by atoms with E-state index in [0.29, 0.717) is 22.8 Å². The number of amidine groups is 1. The first-order chi connectivity index (χ1) is 20.9. The molecule has 3 amide bonds. The van der Waals surface area contributed by atoms with Crippen LogP contribution < -0.4 is 15.2 Å². The van der Waals surface area contributed by atoms with E-state index in [1.54, 1.807) is 35.2 Å². The molecule has 0 saturated carbocycles. The zero-order valence-corrected chi connectivity index (χ0v) is 24.5. The first kappa shape index (κ1) is 28.0. The van der Waals surface area contributed by atoms with Crippen molar-refractivity contribution >= 4 is 52.8 Å². The van der Waals surface area contributed by atoms with E-state index < -0.39 is 5.91 Å². The van der Waals surface area contributed by atoms with Crippen LogP contribution in [-0.2, 0) is 9.59 Å². The van der Waals surface area contributed by atoms with Gasteiger partial charge in [-0.3, -0.25) is 24.7 Å². The van der Waals surface area contributed by atoms with Crippen molar-refractivity contribution in [3.8, 4) is 0 Å². The number of rotatable bonds is 7. The molecule has 6 rings (SSSR count). The highest BCUT2D eigenvalue weighted by atomic mass is 32.2. The van der Waals surface area contributed by atoms with Gasteiger partial charge in [0, 0.05) is 30.9 Å². The summed E-state index contributed by atoms with van der Waals surface area (Å²) in [6, 6.07) is 33.7. The minimum Gasteiger partial charge on any atom is -0.378 e. The lowest BCUT2D eigenvalue weighted by Gasteiger charge is -2.25. The lowest BCUT2D eigenvalue weighted by molar-refractivity contribution is -0.130. The molecule has 0 radical (unpaired) electrons. The number of hydrazine groups is 1. The number of nitrogens with zero attached hydrogens (tertiary/aromatic N) is 4. The van der Waals surface area contributed by atoms with Gasteiger partial charge < -0.3 is 4.90 Å². The van der Waals surface area contributed by atoms with E-state index in [-0.39, 0.29) is 22.9 Å². The Balaban J connectivity index is 1.23. The Labute approximate surface area is 254 Å². The molecule has 2 aliphatic rings. The molecule has 4 aromatic rings. The number of carbonyl (C=O) groups excluding carboxylic acids is 3. The summed E-state index contributed by atoms with van der Waals surface area (Å²) in [5.74, 6) is -0.0560. The molecule has 2 heterocycles. The molecular formula is C34H29N5O3S. The Morgan fingerprint density at radius 2 is 1.53 bits per heavy atom. The predicted octanol–water partition coefficient (Wildman–Crippen LogP) is 5.51. The highest BCUT2D eigenvalue weighted by molar-refractivity contribution is 8.00. The smallest absolute Gasteiger partial charge is 0.282 e. The number of anilines is 2. The van der Waals surface area contributed by atoms with E-state index in [4.69, 9.17) is 4.99 Å². The molecule has 43 heavy (non-hydrogen) atoms. The maximum absolute atomic E-state index is 13.6. The van der Waals surface area contributed by atoms with E-state index in [0.717, 1.165) is 22.4 Å². The van der Waals surface area contributed by atoms with Crippen molar-refractivity contribution in [3.05, 3.63) is 137 Å². The second-order valence-electron chi connectivity index (χ2n) is 10.3. The summed E-state index contributed by atoms with van der Waals surface area (Å²) in [5, 5.41) is 1.07. The Morgan fingerprint density at radius 1 is 0.884 bits per heavy atom. The zero-order valence-electron chi connectivity index (χ0n) is 23.7. The SMILES string of the molecule is CN(C)c1ccc(C2SCC(=O)N2NC(=O)c2ccc(N3C(=O)/C(=C/c4ccccc4)N=C3c3ccccc3)cc2)cc1. The predicted molar refractivity (Wildman–Crippen MR) is 172 cm³/mol. The fourth-order valence-electron chi connectivity index (χ4n) is 4.91. The second kappa shape index (κ2) is 12.0. The van der Waals surface area contributed by atoms with Crippen molar-refractivity contribution in [2.75, 3.05) is 29.6 Å². The molecule has 0 spiro atoms. The maximum atomic E-state index is 13.6. The topological polar surface area (TPSA) is 85.3 Å². The molecular weight excluding hydrogens is 558 g/mol. The van der Waals surface area contributed by atoms with Gasteiger partial charge in [0.2, 0.25) is 0 Å². The third-order valence-electron chi connectivity index (χ3n) is 7.17. The third kappa shape index (κ3) is 5.80. The highest BCUT2D eigenvalue weighted by Gasteiger charge is 2.35. The first-order valence-electron chi connectivity index (χ1n) is 13.8. The van der Waals surface area contributed by atoms with Gasteiger partial charge in [-0.25, -0.2) is 10.0 Å². The van der Waals surface area contributed by atoms with E-state index in [1.807, 2.05) is 104 Å². The van der Waals surface area contributed by atoms with Crippen molar-refractivity contribution < 1.29 is 14.4 Å². The number of nitrogens with one attached hydrogen (secondary N) is 1. The van der Waals surface area contributed by atoms with Crippen molar-refractivity contribution in [1.29, 1.82) is 0 Å². The van der Waals surface area contributed by atoms with E-state index >= 15 is 0 Å². The van der Waals surface area contributed by atoms with Crippen LogP contribution in [0, 0.1) is 0 Å². The van der Waals surface area contributed by atoms with Crippen LogP contribution >= 0.6 is 11.8 Å². The van der Waals surface area contributed by atoms with Crippen LogP contribution in [0.15, 0.2) is 120 Å². The van der Waals surface area contributed by atoms with Gasteiger partial charge in [0.05, 0.1) is 11.4 Å². The average molecular weight is 588 g/mol. The van der Waals surface area contributed by atoms with Crippen molar-refractivity contribution in [1.82, 2.24) is 10.4 Å².